The zero-order valence-corrected chi connectivity index (χ0v) is 13.6. The van der Waals surface area contributed by atoms with Crippen molar-refractivity contribution >= 4 is 33.4 Å². The highest BCUT2D eigenvalue weighted by Crippen LogP contribution is 2.42. The van der Waals surface area contributed by atoms with Gasteiger partial charge in [0.15, 0.2) is 5.82 Å². The second kappa shape index (κ2) is 4.89. The molecule has 6 nitrogen and oxygen atoms in total. The second-order valence-corrected chi connectivity index (χ2v) is 6.42. The molecule has 23 heavy (non-hydrogen) atoms. The van der Waals surface area contributed by atoms with Crippen LogP contribution in [-0.4, -0.2) is 22.9 Å². The first-order chi connectivity index (χ1) is 11.0. The number of nitrogens with zero attached hydrogens (tertiary/aromatic N) is 2. The third-order valence-electron chi connectivity index (χ3n) is 4.26. The summed E-state index contributed by atoms with van der Waals surface area (Å²) < 4.78 is 20.2. The zero-order chi connectivity index (χ0) is 16.3. The summed E-state index contributed by atoms with van der Waals surface area (Å²) in [5.74, 6) is -1.32. The van der Waals surface area contributed by atoms with E-state index in [9.17, 15) is 14.0 Å². The number of aryl methyl sites for hydroxylation is 1. The van der Waals surface area contributed by atoms with Crippen LogP contribution in [0.2, 0.25) is 0 Å². The minimum Gasteiger partial charge on any atom is -0.350 e. The van der Waals surface area contributed by atoms with Crippen molar-refractivity contribution < 1.29 is 13.7 Å². The van der Waals surface area contributed by atoms with Crippen molar-refractivity contribution in [3.8, 4) is 0 Å². The molecule has 1 amide bonds. The third-order valence-corrected chi connectivity index (χ3v) is 4.87. The number of carbonyl (C=O) groups is 1. The lowest BCUT2D eigenvalue weighted by molar-refractivity contribution is -0.121. The van der Waals surface area contributed by atoms with Crippen molar-refractivity contribution in [3.63, 3.8) is 0 Å². The summed E-state index contributed by atoms with van der Waals surface area (Å²) in [7, 11) is 1.59. The number of hydrogen-bond acceptors (Lipinski definition) is 4. The number of rotatable bonds is 1. The standard InChI is InChI=1S/C15H11BrFN3O3/c1-20-13-12(15(22)23-20)10(6-2-3-8(17)7(16)4-6)11-9(19-13)5-18-14(11)21/h2-4,10-11H,5H2,1H3,(H,18,21). The molecule has 1 aromatic carbocycles. The maximum Gasteiger partial charge on any atom is 0.363 e. The van der Waals surface area contributed by atoms with Crippen LogP contribution in [-0.2, 0) is 11.8 Å². The molecule has 2 aliphatic heterocycles. The van der Waals surface area contributed by atoms with Crippen molar-refractivity contribution in [3.05, 3.63) is 50.0 Å². The van der Waals surface area contributed by atoms with E-state index in [4.69, 9.17) is 4.52 Å². The molecule has 3 heterocycles. The van der Waals surface area contributed by atoms with Gasteiger partial charge in [-0.05, 0) is 33.6 Å². The van der Waals surface area contributed by atoms with Crippen LogP contribution in [0.4, 0.5) is 10.2 Å². The largest absolute Gasteiger partial charge is 0.363 e. The van der Waals surface area contributed by atoms with E-state index >= 15 is 0 Å². The van der Waals surface area contributed by atoms with Crippen molar-refractivity contribution in [2.45, 2.75) is 5.92 Å². The predicted octanol–water partition coefficient (Wildman–Crippen LogP) is 1.84. The van der Waals surface area contributed by atoms with Gasteiger partial charge in [0, 0.05) is 13.0 Å². The van der Waals surface area contributed by atoms with Gasteiger partial charge in [-0.2, -0.15) is 4.74 Å². The van der Waals surface area contributed by atoms with Crippen LogP contribution in [0.3, 0.4) is 0 Å². The molecular weight excluding hydrogens is 369 g/mol. The number of amides is 1. The molecule has 0 aliphatic carbocycles. The molecule has 4 rings (SSSR count). The van der Waals surface area contributed by atoms with Crippen molar-refractivity contribution in [1.29, 1.82) is 0 Å². The molecule has 0 spiro atoms. The first-order valence-corrected chi connectivity index (χ1v) is 7.77. The van der Waals surface area contributed by atoms with Crippen LogP contribution in [0.15, 0.2) is 37.0 Å². The summed E-state index contributed by atoms with van der Waals surface area (Å²) in [6.07, 6.45) is 0. The maximum atomic E-state index is 13.6. The predicted molar refractivity (Wildman–Crippen MR) is 83.5 cm³/mol. The van der Waals surface area contributed by atoms with E-state index in [1.807, 2.05) is 0 Å². The van der Waals surface area contributed by atoms with Crippen LogP contribution in [0.25, 0.3) is 0 Å². The Balaban J connectivity index is 1.99. The van der Waals surface area contributed by atoms with E-state index < -0.39 is 23.3 Å². The molecule has 2 unspecified atom stereocenters. The van der Waals surface area contributed by atoms with E-state index in [1.54, 1.807) is 19.2 Å². The van der Waals surface area contributed by atoms with Gasteiger partial charge in [0.2, 0.25) is 5.91 Å². The average molecular weight is 380 g/mol. The Labute approximate surface area is 138 Å². The Kier molecular flexibility index (Phi) is 3.06. The van der Waals surface area contributed by atoms with Gasteiger partial charge in [0.05, 0.1) is 28.2 Å². The monoisotopic (exact) mass is 379 g/mol. The molecule has 2 aliphatic rings. The van der Waals surface area contributed by atoms with E-state index in [0.29, 0.717) is 29.2 Å². The van der Waals surface area contributed by atoms with E-state index in [2.05, 4.69) is 26.2 Å². The molecule has 0 bridgehead atoms. The molecular formula is C15H11BrFN3O3. The van der Waals surface area contributed by atoms with Gasteiger partial charge in [-0.1, -0.05) is 6.07 Å². The van der Waals surface area contributed by atoms with Crippen molar-refractivity contribution in [2.75, 3.05) is 6.54 Å². The fourth-order valence-electron chi connectivity index (χ4n) is 3.24. The smallest absolute Gasteiger partial charge is 0.350 e. The van der Waals surface area contributed by atoms with Crippen LogP contribution >= 0.6 is 15.9 Å². The van der Waals surface area contributed by atoms with Crippen molar-refractivity contribution in [2.24, 2.45) is 18.0 Å². The number of nitrogens with one attached hydrogen (secondary N) is 1. The first-order valence-electron chi connectivity index (χ1n) is 6.97. The van der Waals surface area contributed by atoms with E-state index in [1.165, 1.54) is 10.8 Å². The molecule has 2 aromatic rings. The van der Waals surface area contributed by atoms with Gasteiger partial charge in [0.25, 0.3) is 0 Å². The number of carbonyl (C=O) groups excluding carboxylic acids is 1. The maximum absolute atomic E-state index is 13.6. The number of halogens is 2. The highest BCUT2D eigenvalue weighted by Gasteiger charge is 2.45. The average Bonchev–Trinajstić information content (AvgIpc) is 3.02. The summed E-state index contributed by atoms with van der Waals surface area (Å²) in [5, 5.41) is 2.75. The fraction of sp³-hybridized carbons (Fsp3) is 0.267. The minimum absolute atomic E-state index is 0.192. The molecule has 1 N–H and O–H groups in total. The molecule has 2 atom stereocenters. The summed E-state index contributed by atoms with van der Waals surface area (Å²) in [6.45, 7) is 0.334. The third kappa shape index (κ3) is 2.01. The Morgan fingerprint density at radius 1 is 1.39 bits per heavy atom. The highest BCUT2D eigenvalue weighted by molar-refractivity contribution is 9.10. The number of aliphatic imine (C=N–C) groups is 1. The van der Waals surface area contributed by atoms with Gasteiger partial charge in [-0.25, -0.2) is 14.2 Å². The molecule has 0 radical (unpaired) electrons. The molecule has 1 aromatic heterocycles. The van der Waals surface area contributed by atoms with Crippen molar-refractivity contribution in [1.82, 2.24) is 10.1 Å². The van der Waals surface area contributed by atoms with Gasteiger partial charge in [-0.3, -0.25) is 4.79 Å². The Hall–Kier alpha value is -2.22. The summed E-state index contributed by atoms with van der Waals surface area (Å²) in [5.41, 5.74) is 1.11. The quantitative estimate of drug-likeness (QED) is 0.821. The lowest BCUT2D eigenvalue weighted by Crippen LogP contribution is -2.31. The minimum atomic E-state index is -0.579. The molecule has 118 valence electrons. The first kappa shape index (κ1) is 14.4. The fourth-order valence-corrected chi connectivity index (χ4v) is 3.64. The number of aromatic nitrogens is 1. The van der Waals surface area contributed by atoms with Gasteiger partial charge < -0.3 is 9.84 Å². The van der Waals surface area contributed by atoms with Gasteiger partial charge >= 0.3 is 5.63 Å². The van der Waals surface area contributed by atoms with Crippen LogP contribution in [0.1, 0.15) is 17.0 Å². The Morgan fingerprint density at radius 2 is 2.17 bits per heavy atom. The normalized spacial score (nSPS) is 22.4. The summed E-state index contributed by atoms with van der Waals surface area (Å²) >= 11 is 3.15. The lowest BCUT2D eigenvalue weighted by atomic mass is 9.78. The Bertz CT molecular complexity index is 931. The van der Waals surface area contributed by atoms with Crippen LogP contribution < -0.4 is 10.9 Å². The van der Waals surface area contributed by atoms with Gasteiger partial charge in [0.1, 0.15) is 5.82 Å². The SMILES string of the molecule is Cn1oc(=O)c2c1N=C1CNC(=O)C1C2c1ccc(F)c(Br)c1. The van der Waals surface area contributed by atoms with Gasteiger partial charge in [-0.15, -0.1) is 0 Å². The lowest BCUT2D eigenvalue weighted by Gasteiger charge is -2.25. The number of fused-ring (bicyclic) bond motifs is 2. The van der Waals surface area contributed by atoms with Crippen LogP contribution in [0, 0.1) is 11.7 Å². The van der Waals surface area contributed by atoms with E-state index in [-0.39, 0.29) is 10.4 Å². The van der Waals surface area contributed by atoms with Crippen LogP contribution in [0.5, 0.6) is 0 Å². The zero-order valence-electron chi connectivity index (χ0n) is 12.0. The number of hydrogen-bond donors (Lipinski definition) is 1. The molecule has 8 heteroatoms. The summed E-state index contributed by atoms with van der Waals surface area (Å²) in [6, 6.07) is 4.47. The number of benzene rings is 1. The summed E-state index contributed by atoms with van der Waals surface area (Å²) in [4.78, 5) is 28.9. The molecule has 1 saturated heterocycles. The molecule has 0 saturated carbocycles. The second-order valence-electron chi connectivity index (χ2n) is 5.56. The van der Waals surface area contributed by atoms with E-state index in [0.717, 1.165) is 0 Å². The topological polar surface area (TPSA) is 76.6 Å². The Morgan fingerprint density at radius 3 is 2.91 bits per heavy atom. The molecule has 1 fully saturated rings. The highest BCUT2D eigenvalue weighted by atomic mass is 79.9.